The number of amides is 2. The van der Waals surface area contributed by atoms with Crippen LogP contribution < -0.4 is 16.4 Å². The summed E-state index contributed by atoms with van der Waals surface area (Å²) in [6.07, 6.45) is 3.53. The molecule has 0 spiro atoms. The summed E-state index contributed by atoms with van der Waals surface area (Å²) >= 11 is 0. The van der Waals surface area contributed by atoms with Crippen LogP contribution in [0.1, 0.15) is 67.8 Å². The lowest BCUT2D eigenvalue weighted by atomic mass is 9.96. The van der Waals surface area contributed by atoms with Gasteiger partial charge in [-0.25, -0.2) is 0 Å². The molecule has 156 valence electrons. The Morgan fingerprint density at radius 2 is 1.50 bits per heavy atom. The molecule has 0 unspecified atom stereocenters. The molecule has 4 N–H and O–H groups in total. The minimum absolute atomic E-state index is 0.0137. The van der Waals surface area contributed by atoms with Crippen molar-refractivity contribution >= 4 is 23.3 Å². The van der Waals surface area contributed by atoms with Gasteiger partial charge in [0.25, 0.3) is 11.8 Å². The summed E-state index contributed by atoms with van der Waals surface area (Å²) < 4.78 is 0. The van der Waals surface area contributed by atoms with Crippen LogP contribution in [0.25, 0.3) is 0 Å². The van der Waals surface area contributed by atoms with Crippen LogP contribution in [0, 0.1) is 19.8 Å². The largest absolute Gasteiger partial charge is 0.398 e. The van der Waals surface area contributed by atoms with Gasteiger partial charge in [0.15, 0.2) is 0 Å². The standard InChI is InChI=1S/C15H17NO2.C9H10N2O/c1-9-6-12-8-16-15(18)13(12)7-11(9)4-5-14(17)10-2-3-10;1-5-2-6-4-11-9(12)7(6)3-8(5)10/h6-7,10H,2-5,8H2,1H3,(H,16,18);2-3H,4,10H2,1H3,(H,11,12). The number of rotatable bonds is 4. The number of aryl methyl sites for hydroxylation is 3. The maximum Gasteiger partial charge on any atom is 0.251 e. The number of benzene rings is 2. The Morgan fingerprint density at radius 3 is 2.10 bits per heavy atom. The van der Waals surface area contributed by atoms with Crippen LogP contribution in [-0.2, 0) is 24.3 Å². The lowest BCUT2D eigenvalue weighted by molar-refractivity contribution is -0.120. The number of carbonyl (C=O) groups excluding carboxylic acids is 3. The molecule has 0 aromatic heterocycles. The molecule has 6 nitrogen and oxygen atoms in total. The maximum atomic E-state index is 11.7. The van der Waals surface area contributed by atoms with Crippen molar-refractivity contribution in [2.75, 3.05) is 5.73 Å². The maximum absolute atomic E-state index is 11.7. The first-order valence-electron chi connectivity index (χ1n) is 10.4. The average molecular weight is 405 g/mol. The molecule has 1 aliphatic carbocycles. The van der Waals surface area contributed by atoms with Crippen LogP contribution in [0.2, 0.25) is 0 Å². The van der Waals surface area contributed by atoms with Gasteiger partial charge in [0.2, 0.25) is 0 Å². The van der Waals surface area contributed by atoms with E-state index in [1.165, 1.54) is 5.56 Å². The minimum Gasteiger partial charge on any atom is -0.398 e. The molecule has 1 fully saturated rings. The molecule has 1 saturated carbocycles. The fraction of sp³-hybridized carbons (Fsp3) is 0.375. The molecule has 2 heterocycles. The number of fused-ring (bicyclic) bond motifs is 2. The Balaban J connectivity index is 0.000000158. The Kier molecular flexibility index (Phi) is 5.33. The molecular formula is C24H27N3O3. The van der Waals surface area contributed by atoms with Crippen LogP contribution in [0.4, 0.5) is 5.69 Å². The first-order valence-corrected chi connectivity index (χ1v) is 10.4. The number of ketones is 1. The number of carbonyl (C=O) groups is 3. The zero-order valence-electron chi connectivity index (χ0n) is 17.4. The normalized spacial score (nSPS) is 16.2. The summed E-state index contributed by atoms with van der Waals surface area (Å²) in [6.45, 7) is 5.27. The highest BCUT2D eigenvalue weighted by Gasteiger charge is 2.29. The Labute approximate surface area is 176 Å². The van der Waals surface area contributed by atoms with Gasteiger partial charge < -0.3 is 16.4 Å². The molecule has 3 aliphatic rings. The minimum atomic E-state index is -0.0169. The van der Waals surface area contributed by atoms with E-state index in [4.69, 9.17) is 5.73 Å². The third-order valence-corrected chi connectivity index (χ3v) is 6.10. The van der Waals surface area contributed by atoms with Gasteiger partial charge in [-0.15, -0.1) is 0 Å². The second kappa shape index (κ2) is 7.94. The number of nitrogen functional groups attached to an aromatic ring is 1. The van der Waals surface area contributed by atoms with E-state index < -0.39 is 0 Å². The van der Waals surface area contributed by atoms with Gasteiger partial charge >= 0.3 is 0 Å². The van der Waals surface area contributed by atoms with E-state index in [1.807, 2.05) is 19.1 Å². The first kappa shape index (κ1) is 20.1. The fourth-order valence-electron chi connectivity index (χ4n) is 3.99. The molecule has 2 aromatic rings. The number of Topliss-reactive ketones (excluding diaryl/α,β-unsaturated/α-hetero) is 1. The summed E-state index contributed by atoms with van der Waals surface area (Å²) in [6, 6.07) is 7.74. The average Bonchev–Trinajstić information content (AvgIpc) is 3.44. The topological polar surface area (TPSA) is 101 Å². The molecule has 0 saturated heterocycles. The first-order chi connectivity index (χ1) is 14.3. The summed E-state index contributed by atoms with van der Waals surface area (Å²) in [5, 5.41) is 5.57. The van der Waals surface area contributed by atoms with Crippen molar-refractivity contribution in [1.82, 2.24) is 10.6 Å². The Hall–Kier alpha value is -3.15. The lowest BCUT2D eigenvalue weighted by Gasteiger charge is -2.07. The monoisotopic (exact) mass is 405 g/mol. The van der Waals surface area contributed by atoms with Gasteiger partial charge in [0.05, 0.1) is 0 Å². The molecule has 2 aromatic carbocycles. The Morgan fingerprint density at radius 1 is 0.933 bits per heavy atom. The van der Waals surface area contributed by atoms with Crippen LogP contribution in [0.5, 0.6) is 0 Å². The van der Waals surface area contributed by atoms with Gasteiger partial charge in [0.1, 0.15) is 5.78 Å². The van der Waals surface area contributed by atoms with Crippen molar-refractivity contribution in [3.8, 4) is 0 Å². The van der Waals surface area contributed by atoms with Crippen molar-refractivity contribution in [2.24, 2.45) is 5.92 Å². The van der Waals surface area contributed by atoms with Gasteiger partial charge in [0, 0.05) is 42.2 Å². The van der Waals surface area contributed by atoms with E-state index in [-0.39, 0.29) is 11.8 Å². The summed E-state index contributed by atoms with van der Waals surface area (Å²) in [5.74, 6) is 0.721. The highest BCUT2D eigenvalue weighted by molar-refractivity contribution is 5.99. The molecular weight excluding hydrogens is 378 g/mol. The van der Waals surface area contributed by atoms with Crippen molar-refractivity contribution in [1.29, 1.82) is 0 Å². The predicted molar refractivity (Wildman–Crippen MR) is 115 cm³/mol. The van der Waals surface area contributed by atoms with Crippen LogP contribution >= 0.6 is 0 Å². The number of nitrogens with two attached hydrogens (primary N) is 1. The third-order valence-electron chi connectivity index (χ3n) is 6.10. The molecule has 0 radical (unpaired) electrons. The Bertz CT molecular complexity index is 1050. The smallest absolute Gasteiger partial charge is 0.251 e. The number of nitrogens with one attached hydrogen (secondary N) is 2. The van der Waals surface area contributed by atoms with Crippen molar-refractivity contribution < 1.29 is 14.4 Å². The van der Waals surface area contributed by atoms with Gasteiger partial charge in [-0.2, -0.15) is 0 Å². The molecule has 2 aliphatic heterocycles. The second-order valence-corrected chi connectivity index (χ2v) is 8.41. The number of hydrogen-bond donors (Lipinski definition) is 3. The number of hydrogen-bond acceptors (Lipinski definition) is 4. The fourth-order valence-corrected chi connectivity index (χ4v) is 3.99. The summed E-state index contributed by atoms with van der Waals surface area (Å²) in [7, 11) is 0. The van der Waals surface area contributed by atoms with Crippen molar-refractivity contribution in [2.45, 2.75) is 52.6 Å². The van der Waals surface area contributed by atoms with E-state index >= 15 is 0 Å². The van der Waals surface area contributed by atoms with Crippen molar-refractivity contribution in [3.05, 3.63) is 63.2 Å². The van der Waals surface area contributed by atoms with E-state index in [0.717, 1.165) is 52.6 Å². The van der Waals surface area contributed by atoms with Crippen LogP contribution in [0.15, 0.2) is 24.3 Å². The quantitative estimate of drug-likeness (QED) is 0.681. The molecule has 2 amide bonds. The summed E-state index contributed by atoms with van der Waals surface area (Å²) in [4.78, 5) is 34.5. The second-order valence-electron chi connectivity index (χ2n) is 8.41. The highest BCUT2D eigenvalue weighted by Crippen LogP contribution is 2.31. The van der Waals surface area contributed by atoms with Gasteiger partial charge in [-0.3, -0.25) is 14.4 Å². The molecule has 30 heavy (non-hydrogen) atoms. The summed E-state index contributed by atoms with van der Waals surface area (Å²) in [5.41, 5.74) is 13.4. The molecule has 0 bridgehead atoms. The van der Waals surface area contributed by atoms with Gasteiger partial charge in [-0.05, 0) is 73.1 Å². The van der Waals surface area contributed by atoms with Gasteiger partial charge in [-0.1, -0.05) is 12.1 Å². The van der Waals surface area contributed by atoms with E-state index in [9.17, 15) is 14.4 Å². The molecule has 6 heteroatoms. The van der Waals surface area contributed by atoms with E-state index in [2.05, 4.69) is 23.6 Å². The van der Waals surface area contributed by atoms with Crippen molar-refractivity contribution in [3.63, 3.8) is 0 Å². The molecule has 5 rings (SSSR count). The third kappa shape index (κ3) is 4.08. The number of anilines is 1. The zero-order chi connectivity index (χ0) is 21.4. The predicted octanol–water partition coefficient (Wildman–Crippen LogP) is 2.97. The van der Waals surface area contributed by atoms with Crippen LogP contribution in [-0.4, -0.2) is 17.6 Å². The zero-order valence-corrected chi connectivity index (χ0v) is 17.4. The van der Waals surface area contributed by atoms with E-state index in [1.54, 1.807) is 6.07 Å². The lowest BCUT2D eigenvalue weighted by Crippen LogP contribution is -2.12. The SMILES string of the molecule is Cc1cc2c(cc1CCC(=O)C1CC1)C(=O)NC2.Cc1cc2c(cc1N)C(=O)NC2. The molecule has 0 atom stereocenters. The van der Waals surface area contributed by atoms with E-state index in [0.29, 0.717) is 36.9 Å². The highest BCUT2D eigenvalue weighted by atomic mass is 16.2. The van der Waals surface area contributed by atoms with Crippen LogP contribution in [0.3, 0.4) is 0 Å².